The van der Waals surface area contributed by atoms with E-state index in [1.54, 1.807) is 0 Å². The summed E-state index contributed by atoms with van der Waals surface area (Å²) in [7, 11) is 2.27. The molecule has 0 aromatic rings. The predicted octanol–water partition coefficient (Wildman–Crippen LogP) is 2.00. The maximum atomic E-state index is 6.09. The largest absolute Gasteiger partial charge is 0.376 e. The van der Waals surface area contributed by atoms with E-state index in [0.29, 0.717) is 12.6 Å². The van der Waals surface area contributed by atoms with Crippen LogP contribution < -0.4 is 5.73 Å². The van der Waals surface area contributed by atoms with Gasteiger partial charge in [-0.3, -0.25) is 4.90 Å². The number of nitrogens with zero attached hydrogens (tertiary/aromatic N) is 1. The first kappa shape index (κ1) is 13.3. The van der Waals surface area contributed by atoms with E-state index in [0.717, 1.165) is 18.9 Å². The highest BCUT2D eigenvalue weighted by atomic mass is 16.5. The molecule has 4 unspecified atom stereocenters. The standard InChI is InChI=1S/C14H28N2O/c1-11-6-4-5-7-13(11)16(3)14(10-15)8-9-17-12(14)2/h11-13H,4-10,15H2,1-3H3. The number of likely N-dealkylation sites (N-methyl/N-ethyl adjacent to an activating group) is 1. The summed E-state index contributed by atoms with van der Waals surface area (Å²) in [5.74, 6) is 0.796. The van der Waals surface area contributed by atoms with E-state index in [2.05, 4.69) is 25.8 Å². The van der Waals surface area contributed by atoms with Crippen molar-refractivity contribution in [2.45, 2.75) is 63.6 Å². The van der Waals surface area contributed by atoms with Crippen molar-refractivity contribution in [3.63, 3.8) is 0 Å². The average Bonchev–Trinajstić information content (AvgIpc) is 2.71. The minimum Gasteiger partial charge on any atom is -0.376 e. The Labute approximate surface area is 106 Å². The van der Waals surface area contributed by atoms with Crippen molar-refractivity contribution in [3.8, 4) is 0 Å². The topological polar surface area (TPSA) is 38.5 Å². The molecule has 2 N–H and O–H groups in total. The summed E-state index contributed by atoms with van der Waals surface area (Å²) in [5, 5.41) is 0. The minimum atomic E-state index is 0.0796. The Balaban J connectivity index is 2.13. The Hall–Kier alpha value is -0.120. The van der Waals surface area contributed by atoms with Crippen LogP contribution in [0.4, 0.5) is 0 Å². The molecule has 0 aromatic heterocycles. The van der Waals surface area contributed by atoms with Crippen LogP contribution in [-0.4, -0.2) is 42.8 Å². The van der Waals surface area contributed by atoms with E-state index in [1.165, 1.54) is 25.7 Å². The van der Waals surface area contributed by atoms with Crippen LogP contribution in [-0.2, 0) is 4.74 Å². The van der Waals surface area contributed by atoms with Crippen molar-refractivity contribution in [3.05, 3.63) is 0 Å². The second kappa shape index (κ2) is 5.25. The zero-order valence-electron chi connectivity index (χ0n) is 11.6. The maximum Gasteiger partial charge on any atom is 0.0743 e. The van der Waals surface area contributed by atoms with Crippen molar-refractivity contribution < 1.29 is 4.74 Å². The SMILES string of the molecule is CC1CCCCC1N(C)C1(CN)CCOC1C. The Morgan fingerprint density at radius 2 is 2.00 bits per heavy atom. The third-order valence-electron chi connectivity index (χ3n) is 5.28. The van der Waals surface area contributed by atoms with Gasteiger partial charge in [0, 0.05) is 19.2 Å². The van der Waals surface area contributed by atoms with E-state index in [-0.39, 0.29) is 11.6 Å². The molecular formula is C14H28N2O. The summed E-state index contributed by atoms with van der Waals surface area (Å²) in [5.41, 5.74) is 6.17. The van der Waals surface area contributed by atoms with Gasteiger partial charge >= 0.3 is 0 Å². The molecule has 0 radical (unpaired) electrons. The van der Waals surface area contributed by atoms with Crippen LogP contribution in [0, 0.1) is 5.92 Å². The number of hydrogen-bond acceptors (Lipinski definition) is 3. The molecule has 2 fully saturated rings. The molecule has 1 aliphatic heterocycles. The third-order valence-corrected chi connectivity index (χ3v) is 5.28. The van der Waals surface area contributed by atoms with Gasteiger partial charge in [0.05, 0.1) is 11.6 Å². The van der Waals surface area contributed by atoms with Crippen LogP contribution in [0.1, 0.15) is 46.0 Å². The molecule has 3 nitrogen and oxygen atoms in total. The molecule has 2 rings (SSSR count). The van der Waals surface area contributed by atoms with Crippen LogP contribution in [0.15, 0.2) is 0 Å². The molecular weight excluding hydrogens is 212 g/mol. The van der Waals surface area contributed by atoms with Crippen molar-refractivity contribution in [2.24, 2.45) is 11.7 Å². The fourth-order valence-electron chi connectivity index (χ4n) is 3.85. The molecule has 17 heavy (non-hydrogen) atoms. The fraction of sp³-hybridized carbons (Fsp3) is 1.00. The van der Waals surface area contributed by atoms with E-state index >= 15 is 0 Å². The second-order valence-electron chi connectivity index (χ2n) is 6.01. The number of hydrogen-bond donors (Lipinski definition) is 1. The lowest BCUT2D eigenvalue weighted by atomic mass is 9.80. The van der Waals surface area contributed by atoms with E-state index in [9.17, 15) is 0 Å². The lowest BCUT2D eigenvalue weighted by Crippen LogP contribution is -2.61. The predicted molar refractivity (Wildman–Crippen MR) is 71.0 cm³/mol. The summed E-state index contributed by atoms with van der Waals surface area (Å²) in [6.07, 6.45) is 6.82. The lowest BCUT2D eigenvalue weighted by molar-refractivity contribution is -0.0163. The first-order valence-corrected chi connectivity index (χ1v) is 7.16. The number of nitrogens with two attached hydrogens (primary N) is 1. The van der Waals surface area contributed by atoms with Gasteiger partial charge in [0.2, 0.25) is 0 Å². The van der Waals surface area contributed by atoms with Crippen LogP contribution in [0.2, 0.25) is 0 Å². The third kappa shape index (κ3) is 2.25. The Morgan fingerprint density at radius 1 is 1.29 bits per heavy atom. The van der Waals surface area contributed by atoms with Gasteiger partial charge in [0.15, 0.2) is 0 Å². The summed E-state index contributed by atoms with van der Waals surface area (Å²) in [4.78, 5) is 2.56. The summed E-state index contributed by atoms with van der Waals surface area (Å²) >= 11 is 0. The normalized spacial score (nSPS) is 43.2. The minimum absolute atomic E-state index is 0.0796. The van der Waals surface area contributed by atoms with Crippen LogP contribution in [0.5, 0.6) is 0 Å². The highest BCUT2D eigenvalue weighted by molar-refractivity contribution is 5.02. The van der Waals surface area contributed by atoms with Crippen molar-refractivity contribution in [1.82, 2.24) is 4.90 Å². The molecule has 4 atom stereocenters. The van der Waals surface area contributed by atoms with E-state index in [4.69, 9.17) is 10.5 Å². The molecule has 3 heteroatoms. The highest BCUT2D eigenvalue weighted by Gasteiger charge is 2.46. The van der Waals surface area contributed by atoms with Crippen molar-refractivity contribution >= 4 is 0 Å². The van der Waals surface area contributed by atoms with Gasteiger partial charge < -0.3 is 10.5 Å². The zero-order chi connectivity index (χ0) is 12.5. The van der Waals surface area contributed by atoms with Gasteiger partial charge in [0.25, 0.3) is 0 Å². The highest BCUT2D eigenvalue weighted by Crippen LogP contribution is 2.37. The van der Waals surface area contributed by atoms with Crippen LogP contribution in [0.25, 0.3) is 0 Å². The van der Waals surface area contributed by atoms with Gasteiger partial charge in [-0.25, -0.2) is 0 Å². The molecule has 2 aliphatic rings. The van der Waals surface area contributed by atoms with Crippen LogP contribution in [0.3, 0.4) is 0 Å². The molecule has 1 saturated heterocycles. The smallest absolute Gasteiger partial charge is 0.0743 e. The maximum absolute atomic E-state index is 6.09. The van der Waals surface area contributed by atoms with Crippen molar-refractivity contribution in [1.29, 1.82) is 0 Å². The molecule has 1 saturated carbocycles. The Kier molecular flexibility index (Phi) is 4.11. The van der Waals surface area contributed by atoms with Gasteiger partial charge in [-0.15, -0.1) is 0 Å². The summed E-state index contributed by atoms with van der Waals surface area (Å²) < 4.78 is 5.79. The fourth-order valence-corrected chi connectivity index (χ4v) is 3.85. The van der Waals surface area contributed by atoms with E-state index < -0.39 is 0 Å². The first-order valence-electron chi connectivity index (χ1n) is 7.16. The average molecular weight is 240 g/mol. The molecule has 0 bridgehead atoms. The molecule has 1 aliphatic carbocycles. The van der Waals surface area contributed by atoms with Gasteiger partial charge in [-0.1, -0.05) is 19.8 Å². The quantitative estimate of drug-likeness (QED) is 0.820. The summed E-state index contributed by atoms with van der Waals surface area (Å²) in [6.45, 7) is 6.16. The molecule has 0 amide bonds. The Morgan fingerprint density at radius 3 is 2.53 bits per heavy atom. The zero-order valence-corrected chi connectivity index (χ0v) is 11.6. The van der Waals surface area contributed by atoms with Gasteiger partial charge in [-0.05, 0) is 39.2 Å². The second-order valence-corrected chi connectivity index (χ2v) is 6.01. The van der Waals surface area contributed by atoms with Gasteiger partial charge in [-0.2, -0.15) is 0 Å². The molecule has 100 valence electrons. The Bertz CT molecular complexity index is 259. The monoisotopic (exact) mass is 240 g/mol. The number of rotatable bonds is 3. The van der Waals surface area contributed by atoms with Gasteiger partial charge in [0.1, 0.15) is 0 Å². The first-order chi connectivity index (χ1) is 8.12. The lowest BCUT2D eigenvalue weighted by Gasteiger charge is -2.48. The molecule has 0 aromatic carbocycles. The summed E-state index contributed by atoms with van der Waals surface area (Å²) in [6, 6.07) is 0.691. The molecule has 0 spiro atoms. The van der Waals surface area contributed by atoms with Crippen LogP contribution >= 0.6 is 0 Å². The molecule has 1 heterocycles. The van der Waals surface area contributed by atoms with Crippen molar-refractivity contribution in [2.75, 3.05) is 20.2 Å². The van der Waals surface area contributed by atoms with E-state index in [1.807, 2.05) is 0 Å². The number of ether oxygens (including phenoxy) is 1.